The lowest BCUT2D eigenvalue weighted by atomic mass is 9.98. The molecule has 68 heavy (non-hydrogen) atoms. The van der Waals surface area contributed by atoms with Crippen LogP contribution in [0.4, 0.5) is 25.1 Å². The van der Waals surface area contributed by atoms with Gasteiger partial charge in [-0.2, -0.15) is 4.31 Å². The van der Waals surface area contributed by atoms with Crippen LogP contribution in [0.15, 0.2) is 116 Å². The largest absolute Gasteiger partial charge is 0.354 e. The number of piperazine rings is 1. The summed E-state index contributed by atoms with van der Waals surface area (Å²) in [5, 5.41) is 13.2. The monoisotopic (exact) mass is 950 g/mol. The Morgan fingerprint density at radius 3 is 1.93 bits per heavy atom. The predicted octanol–water partition coefficient (Wildman–Crippen LogP) is 8.74. The maximum atomic E-state index is 13.4. The van der Waals surface area contributed by atoms with E-state index in [1.165, 1.54) is 34.3 Å². The summed E-state index contributed by atoms with van der Waals surface area (Å²) in [5.41, 5.74) is 7.30. The molecule has 2 aromatic heterocycles. The van der Waals surface area contributed by atoms with Gasteiger partial charge in [-0.3, -0.25) is 4.90 Å². The fourth-order valence-electron chi connectivity index (χ4n) is 8.36. The van der Waals surface area contributed by atoms with Crippen LogP contribution in [0.5, 0.6) is 0 Å². The van der Waals surface area contributed by atoms with E-state index in [-0.39, 0.29) is 18.8 Å². The van der Waals surface area contributed by atoms with Gasteiger partial charge in [0.25, 0.3) is 0 Å². The van der Waals surface area contributed by atoms with Gasteiger partial charge in [0, 0.05) is 93.5 Å². The average molecular weight is 951 g/mol. The molecule has 0 unspecified atom stereocenters. The van der Waals surface area contributed by atoms with Crippen LogP contribution in [-0.2, 0) is 36.0 Å². The fraction of sp³-hybridized carbons (Fsp3) is 0.385. The maximum Gasteiger partial charge on any atom is 0.223 e. The third kappa shape index (κ3) is 15.6. The second-order valence-corrected chi connectivity index (χ2v) is 19.8. The topological polar surface area (TPSA) is 140 Å². The lowest BCUT2D eigenvalue weighted by Crippen LogP contribution is -2.57. The highest BCUT2D eigenvalue weighted by Crippen LogP contribution is 2.25. The number of rotatable bonds is 18. The molecule has 2 saturated heterocycles. The van der Waals surface area contributed by atoms with Crippen molar-refractivity contribution in [3.63, 3.8) is 0 Å². The molecule has 8 rings (SSSR count). The van der Waals surface area contributed by atoms with Crippen LogP contribution in [0.25, 0.3) is 22.5 Å². The summed E-state index contributed by atoms with van der Waals surface area (Å²) in [4.78, 5) is 20.3. The van der Waals surface area contributed by atoms with Crippen molar-refractivity contribution < 1.29 is 21.6 Å². The van der Waals surface area contributed by atoms with Gasteiger partial charge >= 0.3 is 0 Å². The summed E-state index contributed by atoms with van der Waals surface area (Å²) < 4.78 is 66.5. The minimum Gasteiger partial charge on any atom is -0.354 e. The van der Waals surface area contributed by atoms with Gasteiger partial charge < -0.3 is 21.3 Å². The molecular formula is C52H65F3N10O2S. The van der Waals surface area contributed by atoms with Crippen molar-refractivity contribution in [3.8, 4) is 22.5 Å². The Bertz CT molecular complexity index is 2650. The van der Waals surface area contributed by atoms with Gasteiger partial charge in [-0.1, -0.05) is 56.0 Å². The molecule has 4 heterocycles. The molecule has 4 N–H and O–H groups in total. The molecule has 2 fully saturated rings. The van der Waals surface area contributed by atoms with Crippen LogP contribution < -0.4 is 21.3 Å². The number of halogens is 3. The first-order valence-electron chi connectivity index (χ1n) is 22.9. The van der Waals surface area contributed by atoms with E-state index >= 15 is 0 Å². The number of sulfonamides is 1. The molecule has 0 spiro atoms. The highest BCUT2D eigenvalue weighted by Gasteiger charge is 2.29. The molecule has 0 aliphatic carbocycles. The van der Waals surface area contributed by atoms with Gasteiger partial charge in [-0.15, -0.1) is 0 Å². The quantitative estimate of drug-likeness (QED) is 0.0658. The maximum absolute atomic E-state index is 13.4. The van der Waals surface area contributed by atoms with Crippen LogP contribution in [0.3, 0.4) is 0 Å². The van der Waals surface area contributed by atoms with Gasteiger partial charge in [0.1, 0.15) is 17.5 Å². The number of nitrogens with one attached hydrogen (secondary N) is 4. The number of anilines is 2. The Morgan fingerprint density at radius 1 is 0.735 bits per heavy atom. The molecule has 16 heteroatoms. The molecule has 0 amide bonds. The van der Waals surface area contributed by atoms with Gasteiger partial charge in [0.05, 0.1) is 17.6 Å². The van der Waals surface area contributed by atoms with E-state index in [1.807, 2.05) is 36.4 Å². The predicted molar refractivity (Wildman–Crippen MR) is 267 cm³/mol. The minimum atomic E-state index is -3.35. The molecule has 2 aliphatic heterocycles. The standard InChI is InChI=1S/C26H31F2N5O2S.C25H30FN5.CH4/c1-36(34,35)33(13-9-24-6-3-10-29-24)18-20-4-2-5-21(14-20)25-8-12-31-26(32-25)30-11-7-19-15-22(27)17-23(28)16-19;1-25(2)18-27-13-14-31(25)17-20-6-3-7-21(15-20)23-10-12-29-24(30-23)28-11-9-19-5-4-8-22(26)16-19;/h2,4-5,8,12,14-17,24,29H,3,6-7,9-11,13,18H2,1H3,(H,30,31,32);3-8,10,12,15-16,27H,9,11,13-14,17-18H2,1-2H3,(H,28,29,30);1H4/t24-;;/m1../s1. The van der Waals surface area contributed by atoms with Crippen molar-refractivity contribution in [2.45, 2.75) is 78.0 Å². The molecular weight excluding hydrogens is 886 g/mol. The van der Waals surface area contributed by atoms with E-state index in [1.54, 1.807) is 30.6 Å². The Morgan fingerprint density at radius 2 is 1.32 bits per heavy atom. The van der Waals surface area contributed by atoms with E-state index in [4.69, 9.17) is 0 Å². The fourth-order valence-corrected chi connectivity index (χ4v) is 9.18. The van der Waals surface area contributed by atoms with Gasteiger partial charge in [0.15, 0.2) is 0 Å². The SMILES string of the molecule is C.CC1(C)CNCCN1Cc1cccc(-c2ccnc(NCCc3cccc(F)c3)n2)c1.CS(=O)(=O)N(CC[C@H]1CCCN1)Cc1cccc(-c2ccnc(NCCc3cc(F)cc(F)c3)n2)c1. The van der Waals surface area contributed by atoms with E-state index in [2.05, 4.69) is 84.2 Å². The third-order valence-corrected chi connectivity index (χ3v) is 13.3. The van der Waals surface area contributed by atoms with Crippen molar-refractivity contribution in [2.24, 2.45) is 0 Å². The summed E-state index contributed by atoms with van der Waals surface area (Å²) in [5.74, 6) is -0.431. The lowest BCUT2D eigenvalue weighted by Gasteiger charge is -2.43. The van der Waals surface area contributed by atoms with E-state index in [9.17, 15) is 21.6 Å². The van der Waals surface area contributed by atoms with Crippen LogP contribution >= 0.6 is 0 Å². The highest BCUT2D eigenvalue weighted by atomic mass is 32.2. The van der Waals surface area contributed by atoms with Crippen LogP contribution in [-0.4, -0.2) is 101 Å². The normalized spacial score (nSPS) is 15.8. The van der Waals surface area contributed by atoms with Gasteiger partial charge in [-0.05, 0) is 123 Å². The van der Waals surface area contributed by atoms with Crippen molar-refractivity contribution in [1.29, 1.82) is 0 Å². The molecule has 0 bridgehead atoms. The van der Waals surface area contributed by atoms with Crippen molar-refractivity contribution in [3.05, 3.63) is 155 Å². The van der Waals surface area contributed by atoms with Gasteiger partial charge in [-0.25, -0.2) is 41.5 Å². The zero-order valence-corrected chi connectivity index (χ0v) is 39.3. The summed E-state index contributed by atoms with van der Waals surface area (Å²) in [6.45, 7) is 11.4. The smallest absolute Gasteiger partial charge is 0.223 e. The first kappa shape index (κ1) is 51.6. The van der Waals surface area contributed by atoms with E-state index in [0.717, 1.165) is 86.0 Å². The Balaban J connectivity index is 0.000000223. The number of hydrogen-bond donors (Lipinski definition) is 4. The lowest BCUT2D eigenvalue weighted by molar-refractivity contribution is 0.0828. The van der Waals surface area contributed by atoms with Crippen LogP contribution in [0, 0.1) is 17.5 Å². The summed E-state index contributed by atoms with van der Waals surface area (Å²) in [6.07, 6.45) is 8.78. The van der Waals surface area contributed by atoms with Crippen LogP contribution in [0.2, 0.25) is 0 Å². The van der Waals surface area contributed by atoms with Gasteiger partial charge in [0.2, 0.25) is 21.9 Å². The molecule has 4 aromatic carbocycles. The molecule has 6 aromatic rings. The first-order valence-corrected chi connectivity index (χ1v) is 24.8. The molecule has 0 radical (unpaired) electrons. The molecule has 362 valence electrons. The van der Waals surface area contributed by atoms with Crippen molar-refractivity contribution in [2.75, 3.05) is 62.7 Å². The average Bonchev–Trinajstić information content (AvgIpc) is 3.83. The van der Waals surface area contributed by atoms with Crippen molar-refractivity contribution in [1.82, 2.24) is 39.8 Å². The second kappa shape index (κ2) is 24.5. The Hall–Kier alpha value is -5.78. The zero-order valence-electron chi connectivity index (χ0n) is 38.5. The second-order valence-electron chi connectivity index (χ2n) is 17.8. The van der Waals surface area contributed by atoms with Crippen LogP contribution in [0.1, 0.15) is 62.8 Å². The molecule has 1 atom stereocenters. The number of benzene rings is 4. The number of hydrogen-bond acceptors (Lipinski definition) is 11. The number of aromatic nitrogens is 4. The minimum absolute atomic E-state index is 0. The van der Waals surface area contributed by atoms with Crippen molar-refractivity contribution >= 4 is 21.9 Å². The summed E-state index contributed by atoms with van der Waals surface area (Å²) in [7, 11) is -3.35. The molecule has 12 nitrogen and oxygen atoms in total. The Kier molecular flexibility index (Phi) is 18.6. The highest BCUT2D eigenvalue weighted by molar-refractivity contribution is 7.88. The molecule has 0 saturated carbocycles. The zero-order chi connectivity index (χ0) is 47.2. The summed E-state index contributed by atoms with van der Waals surface area (Å²) in [6, 6.07) is 30.5. The number of nitrogens with zero attached hydrogens (tertiary/aromatic N) is 6. The van der Waals surface area contributed by atoms with E-state index < -0.39 is 21.7 Å². The third-order valence-electron chi connectivity index (χ3n) is 12.0. The Labute approximate surface area is 400 Å². The molecule has 2 aliphatic rings. The van der Waals surface area contributed by atoms with E-state index in [0.29, 0.717) is 68.2 Å². The first-order chi connectivity index (χ1) is 32.3. The summed E-state index contributed by atoms with van der Waals surface area (Å²) >= 11 is 0.